The molecule has 66 heavy (non-hydrogen) atoms. The van der Waals surface area contributed by atoms with Gasteiger partial charge in [0.15, 0.2) is 0 Å². The van der Waals surface area contributed by atoms with E-state index in [9.17, 15) is 33.9 Å². The van der Waals surface area contributed by atoms with Crippen LogP contribution in [0.2, 0.25) is 0 Å². The second kappa shape index (κ2) is 22.9. The van der Waals surface area contributed by atoms with E-state index in [0.29, 0.717) is 12.8 Å². The molecule has 0 bridgehead atoms. The smallest absolute Gasteiger partial charge is 0.326 e. The fourth-order valence-corrected chi connectivity index (χ4v) is 9.30. The van der Waals surface area contributed by atoms with Crippen molar-refractivity contribution in [3.63, 3.8) is 0 Å². The summed E-state index contributed by atoms with van der Waals surface area (Å²) in [6.45, 7) is 7.35. The van der Waals surface area contributed by atoms with E-state index in [1.54, 1.807) is 13.1 Å². The Labute approximate surface area is 387 Å². The van der Waals surface area contributed by atoms with Gasteiger partial charge in [-0.3, -0.25) is 24.0 Å². The fraction of sp³-hybridized carbons (Fsp3) is 0.490. The third-order valence-corrected chi connectivity index (χ3v) is 12.6. The number of fused-ring (bicyclic) bond motifs is 1. The van der Waals surface area contributed by atoms with Crippen LogP contribution in [-0.4, -0.2) is 105 Å². The Morgan fingerprint density at radius 3 is 1.95 bits per heavy atom. The molecule has 0 unspecified atom stereocenters. The molecule has 1 aliphatic carbocycles. The van der Waals surface area contributed by atoms with Crippen LogP contribution in [0.25, 0.3) is 10.9 Å². The van der Waals surface area contributed by atoms with Gasteiger partial charge >= 0.3 is 5.97 Å². The van der Waals surface area contributed by atoms with Crippen LogP contribution >= 0.6 is 0 Å². The van der Waals surface area contributed by atoms with Crippen molar-refractivity contribution in [1.29, 1.82) is 0 Å². The van der Waals surface area contributed by atoms with Gasteiger partial charge in [-0.2, -0.15) is 0 Å². The van der Waals surface area contributed by atoms with Crippen molar-refractivity contribution in [2.24, 2.45) is 11.7 Å². The second-order valence-electron chi connectivity index (χ2n) is 18.9. The zero-order chi connectivity index (χ0) is 47.4. The molecule has 1 aliphatic heterocycles. The molecule has 2 heterocycles. The topological polar surface area (TPSA) is 225 Å². The number of rotatable bonds is 20. The molecule has 6 rings (SSSR count). The molecule has 2 aliphatic rings. The zero-order valence-electron chi connectivity index (χ0n) is 38.6. The number of hydrogen-bond acceptors (Lipinski definition) is 8. The highest BCUT2D eigenvalue weighted by Gasteiger charge is 2.41. The van der Waals surface area contributed by atoms with Crippen molar-refractivity contribution in [2.75, 3.05) is 6.54 Å². The van der Waals surface area contributed by atoms with Gasteiger partial charge in [0.25, 0.3) is 0 Å². The summed E-state index contributed by atoms with van der Waals surface area (Å²) in [5, 5.41) is 22.5. The Hall–Kier alpha value is -6.06. The number of aromatic nitrogens is 1. The summed E-state index contributed by atoms with van der Waals surface area (Å²) >= 11 is 0. The van der Waals surface area contributed by atoms with E-state index in [1.165, 1.54) is 4.90 Å². The standard InChI is InChI=1S/C51H67N7O8/c1-32(66-51(2,3)4)44(48(62)56-42(29-35-21-12-7-13-22-35)49(63)58-26-16-25-43(58)50(64)65)57-47(61)40(28-34-19-10-6-11-20-34)55-46(60)41(30-36-31-53-39-24-15-14-23-37(36)39)54-45(59)38(52)27-33-17-8-5-9-18-33/h5,7-9,12-15,17-18,21-24,31-32,34,38,40-44,53H,6,10-11,16,19-20,25-30,52H2,1-4H3,(H,54,59)(H,55,60)(H,56,62)(H,57,61)(H,64,65)/t32-,38+,40+,41-,42+,43+,44+/m1/s1. The fourth-order valence-electron chi connectivity index (χ4n) is 9.30. The van der Waals surface area contributed by atoms with E-state index in [1.807, 2.05) is 106 Å². The summed E-state index contributed by atoms with van der Waals surface area (Å²) in [4.78, 5) is 88.8. The van der Waals surface area contributed by atoms with Crippen LogP contribution in [-0.2, 0) is 52.8 Å². The number of nitrogens with zero attached hydrogens (tertiary/aromatic N) is 1. The molecule has 8 N–H and O–H groups in total. The molecule has 1 saturated heterocycles. The molecule has 1 saturated carbocycles. The van der Waals surface area contributed by atoms with Gasteiger partial charge in [0, 0.05) is 36.5 Å². The van der Waals surface area contributed by atoms with Crippen LogP contribution in [0.1, 0.15) is 95.8 Å². The SMILES string of the molecule is C[C@@H](OC(C)(C)C)[C@H](NC(=O)[C@H](CC1CCCCC1)NC(=O)[C@@H](Cc1c[nH]c2ccccc12)NC(=O)[C@@H](N)Cc1ccccc1)C(=O)N[C@@H](Cc1ccccc1)C(=O)N1CCC[C@H]1C(=O)O. The quantitative estimate of drug-likeness (QED) is 0.0651. The number of amides is 5. The maximum absolute atomic E-state index is 14.8. The highest BCUT2D eigenvalue weighted by atomic mass is 16.5. The number of nitrogens with one attached hydrogen (secondary N) is 5. The lowest BCUT2D eigenvalue weighted by Gasteiger charge is -2.34. The minimum Gasteiger partial charge on any atom is -0.480 e. The molecular weight excluding hydrogens is 839 g/mol. The molecule has 3 aromatic carbocycles. The molecule has 15 nitrogen and oxygen atoms in total. The van der Waals surface area contributed by atoms with Crippen molar-refractivity contribution in [1.82, 2.24) is 31.2 Å². The lowest BCUT2D eigenvalue weighted by molar-refractivity contribution is -0.150. The first-order valence-corrected chi connectivity index (χ1v) is 23.4. The molecular formula is C51H67N7O8. The van der Waals surface area contributed by atoms with Crippen molar-refractivity contribution >= 4 is 46.4 Å². The monoisotopic (exact) mass is 906 g/mol. The molecule has 4 aromatic rings. The van der Waals surface area contributed by atoms with Crippen LogP contribution in [0.5, 0.6) is 0 Å². The predicted molar refractivity (Wildman–Crippen MR) is 252 cm³/mol. The number of carbonyl (C=O) groups is 6. The zero-order valence-corrected chi connectivity index (χ0v) is 38.6. The molecule has 0 spiro atoms. The van der Waals surface area contributed by atoms with Gasteiger partial charge in [0.1, 0.15) is 30.2 Å². The summed E-state index contributed by atoms with van der Waals surface area (Å²) < 4.78 is 6.28. The van der Waals surface area contributed by atoms with E-state index in [0.717, 1.165) is 59.7 Å². The number of carbonyl (C=O) groups excluding carboxylic acids is 5. The number of para-hydroxylation sites is 1. The number of likely N-dealkylation sites (tertiary alicyclic amines) is 1. The Morgan fingerprint density at radius 1 is 0.712 bits per heavy atom. The summed E-state index contributed by atoms with van der Waals surface area (Å²) in [6.07, 6.45) is 7.09. The molecule has 354 valence electrons. The second-order valence-corrected chi connectivity index (χ2v) is 18.9. The molecule has 1 aromatic heterocycles. The minimum atomic E-state index is -1.35. The first kappa shape index (κ1) is 49.4. The van der Waals surface area contributed by atoms with Gasteiger partial charge in [0.2, 0.25) is 29.5 Å². The predicted octanol–water partition coefficient (Wildman–Crippen LogP) is 4.71. The average Bonchev–Trinajstić information content (AvgIpc) is 3.96. The highest BCUT2D eigenvalue weighted by Crippen LogP contribution is 2.28. The summed E-state index contributed by atoms with van der Waals surface area (Å²) in [5.74, 6) is -4.02. The minimum absolute atomic E-state index is 0.0718. The Morgan fingerprint density at radius 2 is 1.30 bits per heavy atom. The number of aliphatic carboxylic acids is 1. The molecule has 7 atom stereocenters. The molecule has 15 heteroatoms. The Kier molecular flexibility index (Phi) is 17.1. The molecule has 5 amide bonds. The number of H-pyrrole nitrogens is 1. The van der Waals surface area contributed by atoms with Gasteiger partial charge in [0.05, 0.1) is 17.7 Å². The summed E-state index contributed by atoms with van der Waals surface area (Å²) in [5.41, 5.74) is 8.92. The number of benzene rings is 3. The highest BCUT2D eigenvalue weighted by molar-refractivity contribution is 5.97. The van der Waals surface area contributed by atoms with Gasteiger partial charge < -0.3 is 46.7 Å². The van der Waals surface area contributed by atoms with Gasteiger partial charge in [-0.05, 0) is 82.1 Å². The summed E-state index contributed by atoms with van der Waals surface area (Å²) in [7, 11) is 0. The summed E-state index contributed by atoms with van der Waals surface area (Å²) in [6, 6.07) is 19.3. The van der Waals surface area contributed by atoms with Crippen molar-refractivity contribution in [2.45, 2.75) is 146 Å². The van der Waals surface area contributed by atoms with E-state index < -0.39 is 83.5 Å². The number of carboxylic acids is 1. The number of hydrogen-bond donors (Lipinski definition) is 7. The lowest BCUT2D eigenvalue weighted by atomic mass is 9.84. The van der Waals surface area contributed by atoms with E-state index in [2.05, 4.69) is 26.3 Å². The van der Waals surface area contributed by atoms with Gasteiger partial charge in [-0.1, -0.05) is 111 Å². The number of nitrogens with two attached hydrogens (primary N) is 1. The third-order valence-electron chi connectivity index (χ3n) is 12.6. The van der Waals surface area contributed by atoms with E-state index in [-0.39, 0.29) is 38.1 Å². The largest absolute Gasteiger partial charge is 0.480 e. The van der Waals surface area contributed by atoms with Crippen LogP contribution in [0.4, 0.5) is 0 Å². The van der Waals surface area contributed by atoms with Crippen molar-refractivity contribution in [3.8, 4) is 0 Å². The maximum atomic E-state index is 14.8. The van der Waals surface area contributed by atoms with Gasteiger partial charge in [-0.25, -0.2) is 4.79 Å². The Balaban J connectivity index is 1.28. The molecule has 2 fully saturated rings. The van der Waals surface area contributed by atoms with Crippen molar-refractivity contribution in [3.05, 3.63) is 108 Å². The van der Waals surface area contributed by atoms with Gasteiger partial charge in [-0.15, -0.1) is 0 Å². The van der Waals surface area contributed by atoms with Crippen LogP contribution < -0.4 is 27.0 Å². The average molecular weight is 906 g/mol. The number of ether oxygens (including phenoxy) is 1. The van der Waals surface area contributed by atoms with Crippen LogP contribution in [0.15, 0.2) is 91.1 Å². The first-order chi connectivity index (χ1) is 31.6. The van der Waals surface area contributed by atoms with Crippen LogP contribution in [0.3, 0.4) is 0 Å². The lowest BCUT2D eigenvalue weighted by Crippen LogP contribution is -2.62. The Bertz CT molecular complexity index is 2270. The third kappa shape index (κ3) is 13.7. The number of aromatic amines is 1. The van der Waals surface area contributed by atoms with E-state index in [4.69, 9.17) is 10.5 Å². The molecule has 0 radical (unpaired) electrons. The first-order valence-electron chi connectivity index (χ1n) is 23.4. The maximum Gasteiger partial charge on any atom is 0.326 e. The van der Waals surface area contributed by atoms with E-state index >= 15 is 0 Å². The normalized spacial score (nSPS) is 18.3. The van der Waals surface area contributed by atoms with Crippen LogP contribution in [0, 0.1) is 5.92 Å². The van der Waals surface area contributed by atoms with Crippen molar-refractivity contribution < 1.29 is 38.6 Å². The number of carboxylic acid groups (broad SMARTS) is 1.